The van der Waals surface area contributed by atoms with E-state index in [1.54, 1.807) is 0 Å². The van der Waals surface area contributed by atoms with Gasteiger partial charge in [0.2, 0.25) is 5.95 Å². The summed E-state index contributed by atoms with van der Waals surface area (Å²) in [5, 5.41) is 12.7. The first-order valence-electron chi connectivity index (χ1n) is 7.39. The van der Waals surface area contributed by atoms with Crippen molar-refractivity contribution >= 4 is 33.2 Å². The van der Waals surface area contributed by atoms with Gasteiger partial charge in [0.05, 0.1) is 11.5 Å². The number of aromatic nitrogens is 2. The summed E-state index contributed by atoms with van der Waals surface area (Å²) in [6.45, 7) is 3.80. The highest BCUT2D eigenvalue weighted by atomic mass is 35.5. The Morgan fingerprint density at radius 2 is 1.74 bits per heavy atom. The van der Waals surface area contributed by atoms with Crippen LogP contribution in [0.5, 0.6) is 0 Å². The fraction of sp³-hybridized carbons (Fsp3) is 0.615. The Hall–Kier alpha value is -1.63. The van der Waals surface area contributed by atoms with E-state index in [1.165, 1.54) is 0 Å². The van der Waals surface area contributed by atoms with Crippen LogP contribution in [0.15, 0.2) is 0 Å². The quantitative estimate of drug-likeness (QED) is 0.766. The van der Waals surface area contributed by atoms with Gasteiger partial charge >= 0.3 is 0 Å². The van der Waals surface area contributed by atoms with Crippen LogP contribution in [-0.2, 0) is 9.84 Å². The van der Waals surface area contributed by atoms with Gasteiger partial charge in [-0.1, -0.05) is 11.6 Å². The van der Waals surface area contributed by atoms with Gasteiger partial charge < -0.3 is 15.1 Å². The normalized spacial score (nSPS) is 21.0. The molecule has 124 valence electrons. The van der Waals surface area contributed by atoms with E-state index in [2.05, 4.69) is 15.3 Å². The standard InChI is InChI=1S/C13H17ClN6O2S/c14-11-10(9-15)17-13(20-3-1-16-2-4-20)18-12(11)19-5-7-23(21,22)8-6-19/h16H,1-8H2. The van der Waals surface area contributed by atoms with Crippen LogP contribution in [-0.4, -0.2) is 69.2 Å². The minimum Gasteiger partial charge on any atom is -0.353 e. The van der Waals surface area contributed by atoms with E-state index in [1.807, 2.05) is 15.9 Å². The Morgan fingerprint density at radius 3 is 2.35 bits per heavy atom. The number of hydrogen-bond donors (Lipinski definition) is 1. The zero-order valence-corrected chi connectivity index (χ0v) is 14.1. The van der Waals surface area contributed by atoms with Gasteiger partial charge in [-0.3, -0.25) is 0 Å². The summed E-state index contributed by atoms with van der Waals surface area (Å²) in [7, 11) is -2.99. The molecule has 0 radical (unpaired) electrons. The molecule has 0 amide bonds. The molecule has 0 bridgehead atoms. The van der Waals surface area contributed by atoms with Gasteiger partial charge in [-0.2, -0.15) is 10.2 Å². The van der Waals surface area contributed by atoms with Crippen molar-refractivity contribution in [1.29, 1.82) is 5.26 Å². The van der Waals surface area contributed by atoms with Gasteiger partial charge in [-0.15, -0.1) is 0 Å². The lowest BCUT2D eigenvalue weighted by atomic mass is 10.3. The van der Waals surface area contributed by atoms with Crippen molar-refractivity contribution in [3.8, 4) is 6.07 Å². The zero-order valence-electron chi connectivity index (χ0n) is 12.5. The molecule has 0 spiro atoms. The van der Waals surface area contributed by atoms with E-state index in [9.17, 15) is 13.7 Å². The van der Waals surface area contributed by atoms with Crippen LogP contribution in [0.2, 0.25) is 5.02 Å². The molecular formula is C13H17ClN6O2S. The third kappa shape index (κ3) is 3.49. The van der Waals surface area contributed by atoms with Crippen LogP contribution in [0.3, 0.4) is 0 Å². The first kappa shape index (κ1) is 16.2. The van der Waals surface area contributed by atoms with Crippen molar-refractivity contribution < 1.29 is 8.42 Å². The number of nitriles is 1. The van der Waals surface area contributed by atoms with Gasteiger partial charge in [0.15, 0.2) is 21.3 Å². The maximum atomic E-state index is 11.6. The number of sulfone groups is 1. The minimum atomic E-state index is -2.99. The van der Waals surface area contributed by atoms with Crippen molar-refractivity contribution in [3.63, 3.8) is 0 Å². The molecule has 2 aliphatic heterocycles. The molecule has 2 saturated heterocycles. The van der Waals surface area contributed by atoms with Crippen LogP contribution >= 0.6 is 11.6 Å². The number of rotatable bonds is 2. The Morgan fingerprint density at radius 1 is 1.09 bits per heavy atom. The van der Waals surface area contributed by atoms with E-state index in [-0.39, 0.29) is 22.2 Å². The Kier molecular flexibility index (Phi) is 4.57. The molecule has 1 aromatic heterocycles. The molecule has 0 saturated carbocycles. The summed E-state index contributed by atoms with van der Waals surface area (Å²) in [5.74, 6) is 1.05. The molecule has 8 nitrogen and oxygen atoms in total. The summed E-state index contributed by atoms with van der Waals surface area (Å²) in [6, 6.07) is 2.00. The van der Waals surface area contributed by atoms with Crippen LogP contribution in [0.1, 0.15) is 5.69 Å². The molecule has 2 fully saturated rings. The highest BCUT2D eigenvalue weighted by molar-refractivity contribution is 7.91. The molecule has 0 aromatic carbocycles. The van der Waals surface area contributed by atoms with Gasteiger partial charge in [-0.25, -0.2) is 13.4 Å². The summed E-state index contributed by atoms with van der Waals surface area (Å²) >= 11 is 6.25. The molecule has 23 heavy (non-hydrogen) atoms. The van der Waals surface area contributed by atoms with Crippen LogP contribution < -0.4 is 15.1 Å². The molecule has 1 aromatic rings. The second-order valence-corrected chi connectivity index (χ2v) is 8.18. The van der Waals surface area contributed by atoms with Gasteiger partial charge in [0.1, 0.15) is 11.1 Å². The second kappa shape index (κ2) is 6.47. The fourth-order valence-electron chi connectivity index (χ4n) is 2.64. The number of anilines is 2. The maximum absolute atomic E-state index is 11.6. The third-order valence-electron chi connectivity index (χ3n) is 3.97. The molecule has 2 aliphatic rings. The predicted molar refractivity (Wildman–Crippen MR) is 87.7 cm³/mol. The van der Waals surface area contributed by atoms with E-state index in [0.717, 1.165) is 26.2 Å². The Balaban J connectivity index is 1.94. The average molecular weight is 357 g/mol. The highest BCUT2D eigenvalue weighted by Gasteiger charge is 2.27. The maximum Gasteiger partial charge on any atom is 0.228 e. The summed E-state index contributed by atoms with van der Waals surface area (Å²) in [5.41, 5.74) is 0.124. The number of nitrogens with zero attached hydrogens (tertiary/aromatic N) is 5. The van der Waals surface area contributed by atoms with Crippen LogP contribution in [0, 0.1) is 11.3 Å². The largest absolute Gasteiger partial charge is 0.353 e. The highest BCUT2D eigenvalue weighted by Crippen LogP contribution is 2.29. The topological polar surface area (TPSA) is 102 Å². The van der Waals surface area contributed by atoms with Gasteiger partial charge in [0.25, 0.3) is 0 Å². The number of nitrogens with one attached hydrogen (secondary N) is 1. The molecule has 10 heteroatoms. The van der Waals surface area contributed by atoms with Crippen LogP contribution in [0.4, 0.5) is 11.8 Å². The second-order valence-electron chi connectivity index (χ2n) is 5.50. The van der Waals surface area contributed by atoms with Gasteiger partial charge in [-0.05, 0) is 0 Å². The molecule has 3 heterocycles. The Bertz CT molecular complexity index is 728. The van der Waals surface area contributed by atoms with Crippen molar-refractivity contribution in [2.24, 2.45) is 0 Å². The number of piperazine rings is 1. The van der Waals surface area contributed by atoms with E-state index in [4.69, 9.17) is 11.6 Å². The molecule has 0 aliphatic carbocycles. The monoisotopic (exact) mass is 356 g/mol. The minimum absolute atomic E-state index is 0.0676. The fourth-order valence-corrected chi connectivity index (χ4v) is 4.09. The van der Waals surface area contributed by atoms with Crippen molar-refractivity contribution in [1.82, 2.24) is 15.3 Å². The lowest BCUT2D eigenvalue weighted by Crippen LogP contribution is -2.45. The first-order chi connectivity index (χ1) is 11.0. The van der Waals surface area contributed by atoms with Gasteiger partial charge in [0, 0.05) is 39.3 Å². The van der Waals surface area contributed by atoms with Crippen molar-refractivity contribution in [2.45, 2.75) is 0 Å². The predicted octanol–water partition coefficient (Wildman–Crippen LogP) is -0.354. The van der Waals surface area contributed by atoms with E-state index in [0.29, 0.717) is 24.9 Å². The lowest BCUT2D eigenvalue weighted by molar-refractivity contribution is 0.578. The van der Waals surface area contributed by atoms with Crippen molar-refractivity contribution in [2.75, 3.05) is 60.6 Å². The molecular weight excluding hydrogens is 340 g/mol. The summed E-state index contributed by atoms with van der Waals surface area (Å²) < 4.78 is 23.2. The third-order valence-corrected chi connectivity index (χ3v) is 5.93. The molecule has 1 N–H and O–H groups in total. The lowest BCUT2D eigenvalue weighted by Gasteiger charge is -2.31. The number of halogens is 1. The molecule has 3 rings (SSSR count). The number of hydrogen-bond acceptors (Lipinski definition) is 8. The van der Waals surface area contributed by atoms with E-state index < -0.39 is 9.84 Å². The molecule has 0 unspecified atom stereocenters. The average Bonchev–Trinajstić information content (AvgIpc) is 2.56. The molecule has 0 atom stereocenters. The first-order valence-corrected chi connectivity index (χ1v) is 9.59. The van der Waals surface area contributed by atoms with Crippen LogP contribution in [0.25, 0.3) is 0 Å². The summed E-state index contributed by atoms with van der Waals surface area (Å²) in [6.07, 6.45) is 0. The zero-order chi connectivity index (χ0) is 16.4. The SMILES string of the molecule is N#Cc1nc(N2CCNCC2)nc(N2CCS(=O)(=O)CC2)c1Cl. The van der Waals surface area contributed by atoms with E-state index >= 15 is 0 Å². The summed E-state index contributed by atoms with van der Waals surface area (Å²) in [4.78, 5) is 12.6. The van der Waals surface area contributed by atoms with Crippen molar-refractivity contribution in [3.05, 3.63) is 10.7 Å². The smallest absolute Gasteiger partial charge is 0.228 e. The Labute approximate surface area is 140 Å².